The van der Waals surface area contributed by atoms with Gasteiger partial charge < -0.3 is 54.6 Å². The summed E-state index contributed by atoms with van der Waals surface area (Å²) in [5.74, 6) is 0. The second-order valence-electron chi connectivity index (χ2n) is 16.0. The van der Waals surface area contributed by atoms with E-state index in [-0.39, 0.29) is 71.5 Å². The monoisotopic (exact) mass is 1560 g/mol. The molecule has 15 rings (SSSR count). The second-order valence-corrected chi connectivity index (χ2v) is 27.3. The molecule has 8 aromatic heterocycles. The maximum atomic E-state index is 8.74. The van der Waals surface area contributed by atoms with Gasteiger partial charge in [0.2, 0.25) is 0 Å². The number of benzene rings is 7. The molecule has 0 unspecified atom stereocenters. The third-order valence-electron chi connectivity index (χ3n) is 10.2. The van der Waals surface area contributed by atoms with Gasteiger partial charge in [-0.25, -0.2) is 0 Å². The Morgan fingerprint density at radius 2 is 0.500 bits per heavy atom. The van der Waals surface area contributed by atoms with Crippen molar-refractivity contribution < 1.29 is 76.6 Å². The number of thiol groups is 4. The molecule has 15 aromatic rings. The minimum atomic E-state index is -4.67. The molecule has 0 atom stereocenters. The van der Waals surface area contributed by atoms with Gasteiger partial charge in [0.1, 0.15) is 44.1 Å². The largest absolute Gasteiger partial charge is 1.00 e. The van der Waals surface area contributed by atoms with E-state index >= 15 is 0 Å². The van der Waals surface area contributed by atoms with Gasteiger partial charge in [-0.15, -0.1) is 114 Å². The van der Waals surface area contributed by atoms with Crippen molar-refractivity contribution in [3.8, 4) is 0 Å². The molecular formula is C42H33ClN24Na2O8S15. The van der Waals surface area contributed by atoms with Gasteiger partial charge in [-0.2, -0.15) is 8.42 Å². The number of rotatable bonds is 3. The van der Waals surface area contributed by atoms with Gasteiger partial charge in [0, 0.05) is 63.5 Å². The van der Waals surface area contributed by atoms with Crippen molar-refractivity contribution >= 4 is 303 Å². The van der Waals surface area contributed by atoms with Crippen LogP contribution in [-0.4, -0.2) is 94.2 Å². The molecule has 0 aliphatic carbocycles. The van der Waals surface area contributed by atoms with Crippen LogP contribution in [0.4, 0.5) is 34.1 Å². The van der Waals surface area contributed by atoms with Crippen LogP contribution in [-0.2, 0) is 10.4 Å². The van der Waals surface area contributed by atoms with Crippen LogP contribution in [0.1, 0.15) is 0 Å². The Bertz CT molecular complexity index is 4230. The van der Waals surface area contributed by atoms with Crippen molar-refractivity contribution in [2.45, 2.75) is 29.4 Å². The number of nitrogens with zero attached hydrogens (tertiary/aromatic N) is 18. The van der Waals surface area contributed by atoms with E-state index in [9.17, 15) is 0 Å². The van der Waals surface area contributed by atoms with Gasteiger partial charge in [0.05, 0.1) is 37.6 Å². The van der Waals surface area contributed by atoms with E-state index < -0.39 is 10.4 Å². The van der Waals surface area contributed by atoms with Gasteiger partial charge in [-0.1, -0.05) is 57.5 Å². The molecule has 8 heterocycles. The van der Waals surface area contributed by atoms with E-state index in [1.807, 2.05) is 60.7 Å². The molecule has 0 saturated carbocycles. The SMILES string of the molecule is Cl.Nc1cc(S)c(N)cc1S.Nc1cc(S)c(N)cc1S.Nc1cc2snnc2cc1SSc1cc2nnsc2cc1N.O=N[O-].O=N[O-].O=S(=O)(O)O.[Na+].[Na+].c1c2nnsc2cc2nnsc12.c1c2nnsc2cc2nnsc12.c1c2nnsc2cc2nnsc12. The number of hydrogen-bond acceptors (Lipinski definition) is 44. The number of nitrogens with two attached hydrogens (primary N) is 6. The molecule has 14 N–H and O–H groups in total. The number of anilines is 6. The molecule has 50 heteroatoms. The molecule has 0 bridgehead atoms. The zero-order chi connectivity index (χ0) is 64.4. The molecule has 92 heavy (non-hydrogen) atoms. The third kappa shape index (κ3) is 23.4. The summed E-state index contributed by atoms with van der Waals surface area (Å²) < 4.78 is 70.9. The van der Waals surface area contributed by atoms with E-state index in [1.54, 1.807) is 45.9 Å². The fraction of sp³-hybridized carbons (Fsp3) is 0. The predicted molar refractivity (Wildman–Crippen MR) is 380 cm³/mol. The molecule has 32 nitrogen and oxygen atoms in total. The van der Waals surface area contributed by atoms with E-state index in [0.717, 1.165) is 102 Å². The maximum absolute atomic E-state index is 8.74. The van der Waals surface area contributed by atoms with E-state index in [4.69, 9.17) is 72.2 Å². The summed E-state index contributed by atoms with van der Waals surface area (Å²) in [6.45, 7) is 0. The third-order valence-corrected chi connectivity index (χ3v) is 19.7. The van der Waals surface area contributed by atoms with Gasteiger partial charge in [-0.3, -0.25) is 9.11 Å². The quantitative estimate of drug-likeness (QED) is 0.0187. The summed E-state index contributed by atoms with van der Waals surface area (Å²) in [5.41, 5.74) is 45.3. The zero-order valence-corrected chi connectivity index (χ0v) is 63.0. The summed E-state index contributed by atoms with van der Waals surface area (Å²) >= 11 is 27.3. The van der Waals surface area contributed by atoms with Crippen LogP contribution in [0.15, 0.2) is 125 Å². The molecular weight excluding hydrogens is 1530 g/mol. The molecule has 0 aliphatic heterocycles. The Morgan fingerprint density at radius 1 is 0.348 bits per heavy atom. The Kier molecular flexibility index (Phi) is 33.2. The summed E-state index contributed by atoms with van der Waals surface area (Å²) in [5, 5.41) is 50.0. The Labute approximate surface area is 628 Å². The first kappa shape index (κ1) is 79.4. The van der Waals surface area contributed by atoms with Crippen LogP contribution in [0.25, 0.3) is 81.7 Å². The minimum Gasteiger partial charge on any atom is -0.444 e. The van der Waals surface area contributed by atoms with Crippen LogP contribution in [0, 0.1) is 20.2 Å². The molecule has 0 radical (unpaired) electrons. The average molecular weight is 1560 g/mol. The molecule has 7 aromatic carbocycles. The topological polar surface area (TPSA) is 542 Å². The number of hydrogen-bond donors (Lipinski definition) is 12. The average Bonchev–Trinajstić information content (AvgIpc) is 1.71. The van der Waals surface area contributed by atoms with Crippen molar-refractivity contribution in [3.05, 3.63) is 105 Å². The first-order chi connectivity index (χ1) is 42.5. The fourth-order valence-corrected chi connectivity index (χ4v) is 13.9. The fourth-order valence-electron chi connectivity index (χ4n) is 6.27. The number of aromatic nitrogens is 16. The Balaban J connectivity index is 0.000000231. The minimum absolute atomic E-state index is 0. The number of halogens is 1. The van der Waals surface area contributed by atoms with Crippen molar-refractivity contribution in [2.24, 2.45) is 10.7 Å². The van der Waals surface area contributed by atoms with Crippen LogP contribution in [0.2, 0.25) is 0 Å². The van der Waals surface area contributed by atoms with Crippen LogP contribution in [0.5, 0.6) is 0 Å². The van der Waals surface area contributed by atoms with Gasteiger partial charge in [0.25, 0.3) is 0 Å². The maximum Gasteiger partial charge on any atom is 1.00 e. The Hall–Kier alpha value is -5.04. The second kappa shape index (κ2) is 38.5. The summed E-state index contributed by atoms with van der Waals surface area (Å²) in [6, 6.07) is 26.3. The standard InChI is InChI=1S/C12H8N6S4.3C6H2N4S2.2C6H8N2S2.ClH.2HNO2.2Na.H2O4S/c13-5-1-11-7(15-17-19-11)3-9(5)21-22-10-4-8-12(2-6(10)14)20-18-16-8;3*1-3-6(12-9-7-3)2-4-5(1)11-10-8-4;2*7-3-1-5(9)4(8)2-6(3)10;;2*2-1-3;;;1-5(2,3)4/h1-4H,13-14H2;3*1-2H;2*1-2,9-10H,7-8H2;1H;2*(H,2,3);;;(H2,1,2,3,4)/q;;;;;;;;;2*+1;/p-2. The smallest absolute Gasteiger partial charge is 0.444 e. The van der Waals surface area contributed by atoms with Gasteiger partial charge >= 0.3 is 69.5 Å². The summed E-state index contributed by atoms with van der Waals surface area (Å²) in [6.07, 6.45) is 0. The molecule has 0 spiro atoms. The van der Waals surface area contributed by atoms with Gasteiger partial charge in [0.15, 0.2) is 0 Å². The van der Waals surface area contributed by atoms with Crippen molar-refractivity contribution in [3.63, 3.8) is 0 Å². The van der Waals surface area contributed by atoms with E-state index in [2.05, 4.69) is 127 Å². The first-order valence-corrected chi connectivity index (χ1v) is 34.2. The van der Waals surface area contributed by atoms with Crippen LogP contribution < -0.4 is 93.5 Å². The normalized spacial score (nSPS) is 10.2. The first-order valence-electron chi connectivity index (χ1n) is 22.7. The molecule has 0 fully saturated rings. The molecule has 0 aliphatic rings. The van der Waals surface area contributed by atoms with E-state index in [1.165, 1.54) is 92.3 Å². The molecule has 468 valence electrons. The van der Waals surface area contributed by atoms with Crippen LogP contribution >= 0.6 is 177 Å². The number of fused-ring (bicyclic) bond motifs is 8. The summed E-state index contributed by atoms with van der Waals surface area (Å²) in [7, 11) is -1.57. The Morgan fingerprint density at radius 3 is 0.674 bits per heavy atom. The van der Waals surface area contributed by atoms with E-state index in [0.29, 0.717) is 53.7 Å². The molecule has 0 saturated heterocycles. The van der Waals surface area contributed by atoms with Crippen molar-refractivity contribution in [1.29, 1.82) is 0 Å². The predicted octanol–water partition coefficient (Wildman–Crippen LogP) is 5.88. The van der Waals surface area contributed by atoms with Crippen molar-refractivity contribution in [1.82, 2.24) is 76.7 Å². The van der Waals surface area contributed by atoms with Crippen LogP contribution in [0.3, 0.4) is 0 Å². The summed E-state index contributed by atoms with van der Waals surface area (Å²) in [4.78, 5) is 20.7. The van der Waals surface area contributed by atoms with Gasteiger partial charge in [-0.05, 0) is 177 Å². The van der Waals surface area contributed by atoms with Crippen molar-refractivity contribution in [2.75, 3.05) is 34.4 Å². The zero-order valence-electron chi connectivity index (χ0n) is 45.6. The molecule has 0 amide bonds. The number of nitrogen functional groups attached to an aromatic ring is 6.